The second-order valence-corrected chi connectivity index (χ2v) is 5.47. The average Bonchev–Trinajstić information content (AvgIpc) is 1.82. The molecule has 1 unspecified atom stereocenters. The van der Waals surface area contributed by atoms with E-state index in [0.717, 1.165) is 5.25 Å². The molecule has 0 nitrogen and oxygen atoms in total. The zero-order valence-corrected chi connectivity index (χ0v) is 8.04. The van der Waals surface area contributed by atoms with Crippen LogP contribution in [0.3, 0.4) is 0 Å². The van der Waals surface area contributed by atoms with E-state index in [1.807, 2.05) is 0 Å². The molecule has 0 spiro atoms. The maximum absolute atomic E-state index is 2.39. The monoisotopic (exact) mass is 148 g/mol. The van der Waals surface area contributed by atoms with Crippen LogP contribution in [-0.4, -0.2) is 17.8 Å². The lowest BCUT2D eigenvalue weighted by Gasteiger charge is -2.21. The Balaban J connectivity index is 3.41. The Morgan fingerprint density at radius 2 is 1.78 bits per heavy atom. The van der Waals surface area contributed by atoms with E-state index in [4.69, 9.17) is 0 Å². The van der Waals surface area contributed by atoms with Gasteiger partial charge in [0.05, 0.1) is 0 Å². The Bertz CT molecular complexity index is 59.6. The third-order valence-electron chi connectivity index (χ3n) is 1.82. The lowest BCUT2D eigenvalue weighted by atomic mass is 10.2. The predicted molar refractivity (Wildman–Crippen MR) is 49.8 cm³/mol. The molecule has 0 heterocycles. The summed E-state index contributed by atoms with van der Waals surface area (Å²) in [6.07, 6.45) is 8.96. The van der Waals surface area contributed by atoms with E-state index in [0.29, 0.717) is 10.9 Å². The normalized spacial score (nSPS) is 15.3. The van der Waals surface area contributed by atoms with Crippen molar-refractivity contribution in [1.82, 2.24) is 0 Å². The van der Waals surface area contributed by atoms with Gasteiger partial charge in [0.15, 0.2) is 0 Å². The molecule has 0 saturated heterocycles. The standard InChI is InChI=1S/C8H20S/c1-5-7-8(6-2)9(3)4/h8-9H,5-7H2,1-4H3. The van der Waals surface area contributed by atoms with Crippen molar-refractivity contribution in [3.63, 3.8) is 0 Å². The highest BCUT2D eigenvalue weighted by Crippen LogP contribution is 2.28. The molecule has 0 aromatic rings. The summed E-state index contributed by atoms with van der Waals surface area (Å²) in [5.74, 6) is 0. The highest BCUT2D eigenvalue weighted by Gasteiger charge is 2.04. The van der Waals surface area contributed by atoms with Crippen LogP contribution in [0.2, 0.25) is 0 Å². The fourth-order valence-corrected chi connectivity index (χ4v) is 2.67. The summed E-state index contributed by atoms with van der Waals surface area (Å²) in [6, 6.07) is 0. The van der Waals surface area contributed by atoms with Gasteiger partial charge in [-0.15, -0.1) is 0 Å². The van der Waals surface area contributed by atoms with Gasteiger partial charge >= 0.3 is 0 Å². The van der Waals surface area contributed by atoms with Crippen LogP contribution >= 0.6 is 10.9 Å². The first-order valence-corrected chi connectivity index (χ1v) is 6.19. The van der Waals surface area contributed by atoms with Gasteiger partial charge in [0.1, 0.15) is 0 Å². The van der Waals surface area contributed by atoms with Gasteiger partial charge in [-0.2, -0.15) is 0 Å². The molecule has 0 aliphatic rings. The fourth-order valence-electron chi connectivity index (χ4n) is 1.16. The van der Waals surface area contributed by atoms with Crippen molar-refractivity contribution in [2.45, 2.75) is 38.4 Å². The van der Waals surface area contributed by atoms with Crippen molar-refractivity contribution < 1.29 is 0 Å². The highest BCUT2D eigenvalue weighted by molar-refractivity contribution is 8.16. The van der Waals surface area contributed by atoms with Gasteiger partial charge in [-0.3, -0.25) is 10.9 Å². The minimum atomic E-state index is 0.330. The van der Waals surface area contributed by atoms with E-state index in [-0.39, 0.29) is 0 Å². The molecule has 0 fully saturated rings. The maximum atomic E-state index is 2.39. The first-order valence-electron chi connectivity index (χ1n) is 3.88. The molecular formula is C8H20S. The Hall–Kier alpha value is 0.350. The topological polar surface area (TPSA) is 0 Å². The first kappa shape index (κ1) is 9.35. The van der Waals surface area contributed by atoms with Gasteiger partial charge in [-0.1, -0.05) is 20.3 Å². The van der Waals surface area contributed by atoms with Gasteiger partial charge in [-0.05, 0) is 30.6 Å². The number of thiol groups is 1. The second-order valence-electron chi connectivity index (χ2n) is 2.81. The van der Waals surface area contributed by atoms with E-state index >= 15 is 0 Å². The summed E-state index contributed by atoms with van der Waals surface area (Å²) >= 11 is 0. The Morgan fingerprint density at radius 1 is 1.22 bits per heavy atom. The highest BCUT2D eigenvalue weighted by atomic mass is 32.2. The molecule has 58 valence electrons. The molecule has 0 saturated carbocycles. The van der Waals surface area contributed by atoms with Crippen LogP contribution in [0.4, 0.5) is 0 Å². The molecule has 0 radical (unpaired) electrons. The quantitative estimate of drug-likeness (QED) is 0.582. The lowest BCUT2D eigenvalue weighted by molar-refractivity contribution is 0.717. The Morgan fingerprint density at radius 3 is 1.89 bits per heavy atom. The van der Waals surface area contributed by atoms with Gasteiger partial charge < -0.3 is 0 Å². The van der Waals surface area contributed by atoms with E-state index in [2.05, 4.69) is 26.4 Å². The Labute approximate surface area is 62.4 Å². The van der Waals surface area contributed by atoms with Crippen LogP contribution in [-0.2, 0) is 0 Å². The van der Waals surface area contributed by atoms with Crippen LogP contribution < -0.4 is 0 Å². The van der Waals surface area contributed by atoms with Gasteiger partial charge in [0.25, 0.3) is 0 Å². The molecular weight excluding hydrogens is 128 g/mol. The van der Waals surface area contributed by atoms with E-state index < -0.39 is 0 Å². The molecule has 0 N–H and O–H groups in total. The van der Waals surface area contributed by atoms with Crippen LogP contribution in [0, 0.1) is 0 Å². The van der Waals surface area contributed by atoms with Crippen molar-refractivity contribution in [3.05, 3.63) is 0 Å². The van der Waals surface area contributed by atoms with Crippen LogP contribution in [0.1, 0.15) is 33.1 Å². The molecule has 0 aromatic heterocycles. The largest absolute Gasteiger partial charge is 0.256 e. The smallest absolute Gasteiger partial charge is 0.0144 e. The van der Waals surface area contributed by atoms with Crippen LogP contribution in [0.25, 0.3) is 0 Å². The summed E-state index contributed by atoms with van der Waals surface area (Å²) in [5, 5.41) is 1.03. The van der Waals surface area contributed by atoms with Crippen molar-refractivity contribution in [1.29, 1.82) is 0 Å². The van der Waals surface area contributed by atoms with Crippen LogP contribution in [0.15, 0.2) is 0 Å². The maximum Gasteiger partial charge on any atom is -0.0144 e. The third kappa shape index (κ3) is 3.85. The van der Waals surface area contributed by atoms with Crippen molar-refractivity contribution in [2.75, 3.05) is 12.5 Å². The summed E-state index contributed by atoms with van der Waals surface area (Å²) < 4.78 is 0. The summed E-state index contributed by atoms with van der Waals surface area (Å²) in [6.45, 7) is 4.59. The second kappa shape index (κ2) is 5.16. The molecule has 1 atom stereocenters. The number of hydrogen-bond donors (Lipinski definition) is 1. The number of rotatable bonds is 4. The van der Waals surface area contributed by atoms with Gasteiger partial charge in [-0.25, -0.2) is 0 Å². The lowest BCUT2D eigenvalue weighted by Crippen LogP contribution is -2.04. The molecule has 0 aromatic carbocycles. The fraction of sp³-hybridized carbons (Fsp3) is 1.00. The summed E-state index contributed by atoms with van der Waals surface area (Å²) in [5.41, 5.74) is 0. The summed E-state index contributed by atoms with van der Waals surface area (Å²) in [7, 11) is 0.330. The SMILES string of the molecule is CCCC(CC)[SH](C)C. The zero-order valence-electron chi connectivity index (χ0n) is 7.15. The van der Waals surface area contributed by atoms with E-state index in [1.165, 1.54) is 19.3 Å². The Kier molecular flexibility index (Phi) is 5.36. The van der Waals surface area contributed by atoms with Crippen molar-refractivity contribution >= 4 is 10.9 Å². The van der Waals surface area contributed by atoms with Crippen molar-refractivity contribution in [2.24, 2.45) is 0 Å². The third-order valence-corrected chi connectivity index (χ3v) is 3.91. The molecule has 0 bridgehead atoms. The van der Waals surface area contributed by atoms with E-state index in [9.17, 15) is 0 Å². The zero-order chi connectivity index (χ0) is 7.28. The predicted octanol–water partition coefficient (Wildman–Crippen LogP) is 2.83. The molecule has 9 heavy (non-hydrogen) atoms. The molecule has 0 amide bonds. The summed E-state index contributed by atoms with van der Waals surface area (Å²) in [4.78, 5) is 0. The minimum Gasteiger partial charge on any atom is -0.256 e. The van der Waals surface area contributed by atoms with E-state index in [1.54, 1.807) is 0 Å². The minimum absolute atomic E-state index is 0.330. The first-order chi connectivity index (χ1) is 4.22. The number of hydrogen-bond acceptors (Lipinski definition) is 0. The van der Waals surface area contributed by atoms with Crippen molar-refractivity contribution in [3.8, 4) is 0 Å². The molecule has 0 rings (SSSR count). The molecule has 0 aliphatic heterocycles. The average molecular weight is 148 g/mol. The molecule has 1 heteroatoms. The van der Waals surface area contributed by atoms with Gasteiger partial charge in [0.2, 0.25) is 0 Å². The van der Waals surface area contributed by atoms with Crippen LogP contribution in [0.5, 0.6) is 0 Å². The van der Waals surface area contributed by atoms with Gasteiger partial charge in [0, 0.05) is 0 Å². The molecule has 0 aliphatic carbocycles.